The first-order chi connectivity index (χ1) is 13.1. The molecule has 0 bridgehead atoms. The number of nitrogens with one attached hydrogen (secondary N) is 2. The number of aryl methyl sites for hydroxylation is 1. The minimum atomic E-state index is 0.450. The van der Waals surface area contributed by atoms with E-state index in [2.05, 4.69) is 39.5 Å². The molecule has 0 atom stereocenters. The first-order valence-corrected chi connectivity index (χ1v) is 9.51. The molecule has 1 aromatic heterocycles. The van der Waals surface area contributed by atoms with Gasteiger partial charge in [-0.2, -0.15) is 5.10 Å². The number of hydrogen-bond acceptors (Lipinski definition) is 2. The molecule has 4 nitrogen and oxygen atoms in total. The SMILES string of the molecule is CCc1ccc(NC(=S)N/N=C/c2cccn2Cc2ccc(Cl)cc2)cc1. The summed E-state index contributed by atoms with van der Waals surface area (Å²) in [4.78, 5) is 0. The Hall–Kier alpha value is -2.63. The highest BCUT2D eigenvalue weighted by Gasteiger charge is 2.01. The van der Waals surface area contributed by atoms with Crippen LogP contribution in [0, 0.1) is 0 Å². The Kier molecular flexibility index (Phi) is 6.63. The second-order valence-electron chi connectivity index (χ2n) is 6.06. The molecule has 3 rings (SSSR count). The van der Waals surface area contributed by atoms with Crippen LogP contribution in [0.2, 0.25) is 5.02 Å². The van der Waals surface area contributed by atoms with E-state index in [9.17, 15) is 0 Å². The van der Waals surface area contributed by atoms with Gasteiger partial charge in [-0.15, -0.1) is 0 Å². The molecule has 2 N–H and O–H groups in total. The van der Waals surface area contributed by atoms with Gasteiger partial charge in [-0.25, -0.2) is 0 Å². The van der Waals surface area contributed by atoms with E-state index in [1.165, 1.54) is 11.1 Å². The lowest BCUT2D eigenvalue weighted by atomic mass is 10.1. The third-order valence-corrected chi connectivity index (χ3v) is 4.56. The molecular weight excluding hydrogens is 376 g/mol. The van der Waals surface area contributed by atoms with Crippen molar-refractivity contribution in [1.82, 2.24) is 9.99 Å². The number of hydrogen-bond donors (Lipinski definition) is 2. The lowest BCUT2D eigenvalue weighted by Crippen LogP contribution is -2.24. The van der Waals surface area contributed by atoms with Gasteiger partial charge in [0.05, 0.1) is 11.9 Å². The topological polar surface area (TPSA) is 41.4 Å². The van der Waals surface area contributed by atoms with Gasteiger partial charge in [-0.3, -0.25) is 5.43 Å². The number of rotatable bonds is 6. The van der Waals surface area contributed by atoms with Crippen LogP contribution in [0.4, 0.5) is 5.69 Å². The van der Waals surface area contributed by atoms with Crippen molar-refractivity contribution >= 4 is 40.8 Å². The van der Waals surface area contributed by atoms with E-state index in [-0.39, 0.29) is 0 Å². The van der Waals surface area contributed by atoms with Crippen LogP contribution in [0.15, 0.2) is 72.0 Å². The highest BCUT2D eigenvalue weighted by atomic mass is 35.5. The average Bonchev–Trinajstić information content (AvgIpc) is 3.11. The summed E-state index contributed by atoms with van der Waals surface area (Å²) in [7, 11) is 0. The number of aromatic nitrogens is 1. The first-order valence-electron chi connectivity index (χ1n) is 8.72. The van der Waals surface area contributed by atoms with Crippen LogP contribution < -0.4 is 10.7 Å². The van der Waals surface area contributed by atoms with Crippen LogP contribution >= 0.6 is 23.8 Å². The van der Waals surface area contributed by atoms with Crippen LogP contribution in [0.3, 0.4) is 0 Å². The Morgan fingerprint density at radius 2 is 1.78 bits per heavy atom. The molecule has 0 spiro atoms. The lowest BCUT2D eigenvalue weighted by Gasteiger charge is -2.08. The maximum Gasteiger partial charge on any atom is 0.191 e. The molecule has 0 amide bonds. The largest absolute Gasteiger partial charge is 0.342 e. The summed E-state index contributed by atoms with van der Waals surface area (Å²) in [6.45, 7) is 2.88. The summed E-state index contributed by atoms with van der Waals surface area (Å²) in [6.07, 6.45) is 4.79. The molecule has 2 aromatic carbocycles. The monoisotopic (exact) mass is 396 g/mol. The molecule has 0 fully saturated rings. The highest BCUT2D eigenvalue weighted by Crippen LogP contribution is 2.12. The fourth-order valence-electron chi connectivity index (χ4n) is 2.61. The van der Waals surface area contributed by atoms with E-state index in [0.717, 1.165) is 29.4 Å². The lowest BCUT2D eigenvalue weighted by molar-refractivity contribution is 0.799. The molecule has 3 aromatic rings. The average molecular weight is 397 g/mol. The van der Waals surface area contributed by atoms with Crippen LogP contribution in [0.5, 0.6) is 0 Å². The summed E-state index contributed by atoms with van der Waals surface area (Å²) in [5.74, 6) is 0. The quantitative estimate of drug-likeness (QED) is 0.347. The zero-order valence-electron chi connectivity index (χ0n) is 15.0. The van der Waals surface area contributed by atoms with Gasteiger partial charge in [0.15, 0.2) is 5.11 Å². The molecule has 0 saturated heterocycles. The van der Waals surface area contributed by atoms with Gasteiger partial charge in [0.2, 0.25) is 0 Å². The predicted octanol–water partition coefficient (Wildman–Crippen LogP) is 5.07. The molecule has 6 heteroatoms. The summed E-state index contributed by atoms with van der Waals surface area (Å²) in [6, 6.07) is 20.0. The fraction of sp³-hybridized carbons (Fsp3) is 0.143. The normalized spacial score (nSPS) is 10.9. The van der Waals surface area contributed by atoms with Crippen molar-refractivity contribution in [2.24, 2.45) is 5.10 Å². The standard InChI is InChI=1S/C21H21ClN4S/c1-2-16-7-11-19(12-8-16)24-21(27)25-23-14-20-4-3-13-26(20)15-17-5-9-18(22)10-6-17/h3-14H,2,15H2,1H3,(H2,24,25,27)/b23-14+. The van der Waals surface area contributed by atoms with E-state index in [0.29, 0.717) is 5.11 Å². The summed E-state index contributed by atoms with van der Waals surface area (Å²) in [5.41, 5.74) is 7.23. The van der Waals surface area contributed by atoms with Crippen molar-refractivity contribution in [3.05, 3.63) is 88.7 Å². The number of nitrogens with zero attached hydrogens (tertiary/aromatic N) is 2. The Bertz CT molecular complexity index is 914. The molecule has 0 unspecified atom stereocenters. The first kappa shape index (κ1) is 19.1. The minimum Gasteiger partial charge on any atom is -0.342 e. The van der Waals surface area contributed by atoms with Crippen molar-refractivity contribution in [2.75, 3.05) is 5.32 Å². The van der Waals surface area contributed by atoms with Crippen molar-refractivity contribution in [2.45, 2.75) is 19.9 Å². The fourth-order valence-corrected chi connectivity index (χ4v) is 2.91. The summed E-state index contributed by atoms with van der Waals surface area (Å²) >= 11 is 11.2. The minimum absolute atomic E-state index is 0.450. The number of benzene rings is 2. The van der Waals surface area contributed by atoms with Gasteiger partial charge in [0, 0.05) is 23.5 Å². The third kappa shape index (κ3) is 5.67. The molecule has 1 heterocycles. The smallest absolute Gasteiger partial charge is 0.191 e. The van der Waals surface area contributed by atoms with E-state index in [1.807, 2.05) is 54.7 Å². The maximum absolute atomic E-state index is 5.94. The molecular formula is C21H21ClN4S. The van der Waals surface area contributed by atoms with Crippen LogP contribution in [0.1, 0.15) is 23.7 Å². The number of thiocarbonyl (C=S) groups is 1. The van der Waals surface area contributed by atoms with Crippen molar-refractivity contribution in [3.63, 3.8) is 0 Å². The van der Waals surface area contributed by atoms with Gasteiger partial charge < -0.3 is 9.88 Å². The van der Waals surface area contributed by atoms with Crippen molar-refractivity contribution in [1.29, 1.82) is 0 Å². The predicted molar refractivity (Wildman–Crippen MR) is 118 cm³/mol. The van der Waals surface area contributed by atoms with Crippen LogP contribution in [-0.2, 0) is 13.0 Å². The summed E-state index contributed by atoms with van der Waals surface area (Å²) < 4.78 is 2.11. The number of hydrazone groups is 1. The van der Waals surface area contributed by atoms with Gasteiger partial charge in [0.1, 0.15) is 0 Å². The Morgan fingerprint density at radius 1 is 1.07 bits per heavy atom. The Morgan fingerprint density at radius 3 is 2.48 bits per heavy atom. The molecule has 0 aliphatic carbocycles. The Balaban J connectivity index is 1.55. The van der Waals surface area contributed by atoms with E-state index in [1.54, 1.807) is 6.21 Å². The second kappa shape index (κ2) is 9.35. The van der Waals surface area contributed by atoms with Gasteiger partial charge in [0.25, 0.3) is 0 Å². The zero-order chi connectivity index (χ0) is 19.1. The molecule has 0 saturated carbocycles. The van der Waals surface area contributed by atoms with Crippen LogP contribution in [-0.4, -0.2) is 15.9 Å². The maximum atomic E-state index is 5.94. The molecule has 138 valence electrons. The number of halogens is 1. The third-order valence-electron chi connectivity index (χ3n) is 4.11. The van der Waals surface area contributed by atoms with Crippen molar-refractivity contribution in [3.8, 4) is 0 Å². The van der Waals surface area contributed by atoms with Gasteiger partial charge in [-0.05, 0) is 66.2 Å². The molecule has 0 radical (unpaired) electrons. The van der Waals surface area contributed by atoms with E-state index in [4.69, 9.17) is 23.8 Å². The van der Waals surface area contributed by atoms with Crippen molar-refractivity contribution < 1.29 is 0 Å². The van der Waals surface area contributed by atoms with Crippen LogP contribution in [0.25, 0.3) is 0 Å². The highest BCUT2D eigenvalue weighted by molar-refractivity contribution is 7.80. The Labute approximate surface area is 169 Å². The molecule has 0 aliphatic rings. The van der Waals surface area contributed by atoms with E-state index < -0.39 is 0 Å². The van der Waals surface area contributed by atoms with Gasteiger partial charge >= 0.3 is 0 Å². The van der Waals surface area contributed by atoms with E-state index >= 15 is 0 Å². The summed E-state index contributed by atoms with van der Waals surface area (Å²) in [5, 5.41) is 8.55. The second-order valence-corrected chi connectivity index (χ2v) is 6.91. The zero-order valence-corrected chi connectivity index (χ0v) is 16.6. The molecule has 0 aliphatic heterocycles. The number of anilines is 1. The van der Waals surface area contributed by atoms with Gasteiger partial charge in [-0.1, -0.05) is 42.8 Å². The molecule has 27 heavy (non-hydrogen) atoms.